The molecule has 2 rings (SSSR count). The van der Waals surface area contributed by atoms with Crippen LogP contribution in [0.2, 0.25) is 0 Å². The van der Waals surface area contributed by atoms with Gasteiger partial charge in [-0.1, -0.05) is 6.92 Å². The Labute approximate surface area is 108 Å². The number of hydrogen-bond donors (Lipinski definition) is 3. The molecule has 1 aromatic heterocycles. The molecule has 5 N–H and O–H groups in total. The van der Waals surface area contributed by atoms with Crippen LogP contribution in [0.25, 0.3) is 0 Å². The quantitative estimate of drug-likeness (QED) is 0.734. The van der Waals surface area contributed by atoms with Gasteiger partial charge in [0.25, 0.3) is 0 Å². The Balaban J connectivity index is 1.94. The predicted octanol–water partition coefficient (Wildman–Crippen LogP) is 0.785. The third kappa shape index (κ3) is 3.22. The fourth-order valence-electron chi connectivity index (χ4n) is 2.21. The number of nitrogens with one attached hydrogen (secondary N) is 1. The number of piperidine rings is 1. The van der Waals surface area contributed by atoms with Crippen LogP contribution >= 0.6 is 0 Å². The molecule has 0 unspecified atom stereocenters. The fourth-order valence-corrected chi connectivity index (χ4v) is 2.21. The zero-order chi connectivity index (χ0) is 13.2. The van der Waals surface area contributed by atoms with Crippen molar-refractivity contribution in [2.75, 3.05) is 43.5 Å². The Bertz CT molecular complexity index is 391. The first-order chi connectivity index (χ1) is 8.47. The number of anilines is 3. The van der Waals surface area contributed by atoms with E-state index in [0.717, 1.165) is 19.6 Å². The monoisotopic (exact) mass is 250 g/mol. The summed E-state index contributed by atoms with van der Waals surface area (Å²) in [7, 11) is 2.17. The van der Waals surface area contributed by atoms with Crippen LogP contribution in [0.4, 0.5) is 17.6 Å². The van der Waals surface area contributed by atoms with Gasteiger partial charge in [0.1, 0.15) is 11.6 Å². The maximum atomic E-state index is 5.64. The molecular weight excluding hydrogens is 228 g/mol. The minimum absolute atomic E-state index is 0.214. The molecule has 0 aliphatic carbocycles. The molecule has 0 amide bonds. The van der Waals surface area contributed by atoms with Crippen LogP contribution in [-0.2, 0) is 0 Å². The third-order valence-electron chi connectivity index (χ3n) is 3.65. The normalized spacial score (nSPS) is 19.7. The molecule has 1 aliphatic heterocycles. The van der Waals surface area contributed by atoms with E-state index >= 15 is 0 Å². The van der Waals surface area contributed by atoms with Crippen molar-refractivity contribution in [2.45, 2.75) is 19.8 Å². The molecule has 0 radical (unpaired) electrons. The number of nitrogens with two attached hydrogens (primary N) is 2. The van der Waals surface area contributed by atoms with Crippen molar-refractivity contribution in [1.82, 2.24) is 14.9 Å². The minimum atomic E-state index is 0.214. The van der Waals surface area contributed by atoms with Gasteiger partial charge in [0.05, 0.1) is 0 Å². The zero-order valence-electron chi connectivity index (χ0n) is 11.1. The second-order valence-corrected chi connectivity index (χ2v) is 5.50. The van der Waals surface area contributed by atoms with E-state index in [1.54, 1.807) is 6.07 Å². The van der Waals surface area contributed by atoms with Gasteiger partial charge in [0.2, 0.25) is 5.95 Å². The Morgan fingerprint density at radius 2 is 2.00 bits per heavy atom. The highest BCUT2D eigenvalue weighted by Gasteiger charge is 2.28. The lowest BCUT2D eigenvalue weighted by Gasteiger charge is -2.38. The summed E-state index contributed by atoms with van der Waals surface area (Å²) in [5.41, 5.74) is 11.5. The first-order valence-electron chi connectivity index (χ1n) is 6.29. The lowest BCUT2D eigenvalue weighted by Crippen LogP contribution is -2.40. The van der Waals surface area contributed by atoms with E-state index in [0.29, 0.717) is 17.1 Å². The summed E-state index contributed by atoms with van der Waals surface area (Å²) in [6.45, 7) is 5.48. The Hall–Kier alpha value is -1.56. The van der Waals surface area contributed by atoms with Crippen molar-refractivity contribution < 1.29 is 0 Å². The molecule has 0 spiro atoms. The number of nitrogens with zero attached hydrogens (tertiary/aromatic N) is 3. The molecule has 0 saturated carbocycles. The Morgan fingerprint density at radius 1 is 1.33 bits per heavy atom. The number of nitrogen functional groups attached to an aromatic ring is 2. The molecule has 1 fully saturated rings. The van der Waals surface area contributed by atoms with Gasteiger partial charge in [-0.2, -0.15) is 9.97 Å². The average molecular weight is 250 g/mol. The molecule has 0 bridgehead atoms. The number of aromatic nitrogens is 2. The van der Waals surface area contributed by atoms with E-state index in [4.69, 9.17) is 11.5 Å². The van der Waals surface area contributed by atoms with Crippen LogP contribution in [0.3, 0.4) is 0 Å². The predicted molar refractivity (Wildman–Crippen MR) is 74.2 cm³/mol. The van der Waals surface area contributed by atoms with Crippen molar-refractivity contribution in [3.05, 3.63) is 6.07 Å². The summed E-state index contributed by atoms with van der Waals surface area (Å²) in [6.07, 6.45) is 2.37. The van der Waals surface area contributed by atoms with Crippen molar-refractivity contribution in [3.63, 3.8) is 0 Å². The Morgan fingerprint density at radius 3 is 2.61 bits per heavy atom. The first-order valence-corrected chi connectivity index (χ1v) is 6.29. The molecular formula is C12H22N6. The van der Waals surface area contributed by atoms with Crippen molar-refractivity contribution >= 4 is 17.6 Å². The molecule has 18 heavy (non-hydrogen) atoms. The molecule has 0 atom stereocenters. The van der Waals surface area contributed by atoms with Gasteiger partial charge in [-0.05, 0) is 38.4 Å². The summed E-state index contributed by atoms with van der Waals surface area (Å²) < 4.78 is 0. The summed E-state index contributed by atoms with van der Waals surface area (Å²) in [4.78, 5) is 10.3. The van der Waals surface area contributed by atoms with E-state index in [-0.39, 0.29) is 5.95 Å². The molecule has 0 aromatic carbocycles. The van der Waals surface area contributed by atoms with Crippen LogP contribution in [0.15, 0.2) is 6.07 Å². The van der Waals surface area contributed by atoms with Crippen molar-refractivity contribution in [2.24, 2.45) is 5.41 Å². The van der Waals surface area contributed by atoms with E-state index in [1.807, 2.05) is 0 Å². The van der Waals surface area contributed by atoms with Gasteiger partial charge in [-0.3, -0.25) is 0 Å². The van der Waals surface area contributed by atoms with Gasteiger partial charge >= 0.3 is 0 Å². The number of hydrogen-bond acceptors (Lipinski definition) is 6. The highest BCUT2D eigenvalue weighted by atomic mass is 15.1. The summed E-state index contributed by atoms with van der Waals surface area (Å²) in [5, 5.41) is 3.32. The largest absolute Gasteiger partial charge is 0.383 e. The summed E-state index contributed by atoms with van der Waals surface area (Å²) in [6, 6.07) is 1.72. The molecule has 1 aliphatic rings. The zero-order valence-corrected chi connectivity index (χ0v) is 11.1. The lowest BCUT2D eigenvalue weighted by molar-refractivity contribution is 0.150. The van der Waals surface area contributed by atoms with E-state index in [1.165, 1.54) is 12.8 Å². The summed E-state index contributed by atoms with van der Waals surface area (Å²) >= 11 is 0. The highest BCUT2D eigenvalue weighted by Crippen LogP contribution is 2.30. The van der Waals surface area contributed by atoms with Crippen LogP contribution in [0.1, 0.15) is 19.8 Å². The topological polar surface area (TPSA) is 93.1 Å². The van der Waals surface area contributed by atoms with Gasteiger partial charge in [0, 0.05) is 12.6 Å². The minimum Gasteiger partial charge on any atom is -0.383 e. The van der Waals surface area contributed by atoms with Crippen LogP contribution in [0, 0.1) is 5.41 Å². The number of rotatable bonds is 3. The highest BCUT2D eigenvalue weighted by molar-refractivity contribution is 5.48. The van der Waals surface area contributed by atoms with E-state index < -0.39 is 0 Å². The SMILES string of the molecule is CN1CCC(C)(CNc2cc(N)nc(N)n2)CC1. The Kier molecular flexibility index (Phi) is 3.56. The number of likely N-dealkylation sites (tertiary alicyclic amines) is 1. The van der Waals surface area contributed by atoms with Crippen molar-refractivity contribution in [3.8, 4) is 0 Å². The first kappa shape index (κ1) is 12.9. The smallest absolute Gasteiger partial charge is 0.223 e. The molecule has 6 heteroatoms. The van der Waals surface area contributed by atoms with Crippen LogP contribution in [-0.4, -0.2) is 41.5 Å². The third-order valence-corrected chi connectivity index (χ3v) is 3.65. The van der Waals surface area contributed by atoms with E-state index in [2.05, 4.69) is 34.2 Å². The van der Waals surface area contributed by atoms with Gasteiger partial charge < -0.3 is 21.7 Å². The van der Waals surface area contributed by atoms with Crippen LogP contribution in [0.5, 0.6) is 0 Å². The lowest BCUT2D eigenvalue weighted by atomic mass is 9.80. The van der Waals surface area contributed by atoms with E-state index in [9.17, 15) is 0 Å². The maximum absolute atomic E-state index is 5.64. The average Bonchev–Trinajstić information content (AvgIpc) is 2.30. The molecule has 6 nitrogen and oxygen atoms in total. The second kappa shape index (κ2) is 4.97. The van der Waals surface area contributed by atoms with Crippen LogP contribution < -0.4 is 16.8 Å². The molecule has 100 valence electrons. The fraction of sp³-hybridized carbons (Fsp3) is 0.667. The van der Waals surface area contributed by atoms with Gasteiger partial charge in [-0.15, -0.1) is 0 Å². The maximum Gasteiger partial charge on any atom is 0.223 e. The van der Waals surface area contributed by atoms with Gasteiger partial charge in [0.15, 0.2) is 0 Å². The standard InChI is InChI=1S/C12H22N6/c1-12(3-5-18(2)6-4-12)8-15-10-7-9(13)16-11(14)17-10/h7H,3-6,8H2,1-2H3,(H5,13,14,15,16,17). The second-order valence-electron chi connectivity index (χ2n) is 5.50. The van der Waals surface area contributed by atoms with Gasteiger partial charge in [-0.25, -0.2) is 0 Å². The molecule has 2 heterocycles. The molecule has 1 saturated heterocycles. The summed E-state index contributed by atoms with van der Waals surface area (Å²) in [5.74, 6) is 1.32. The van der Waals surface area contributed by atoms with Crippen molar-refractivity contribution in [1.29, 1.82) is 0 Å². The molecule has 1 aromatic rings.